The Bertz CT molecular complexity index is 691. The van der Waals surface area contributed by atoms with Crippen molar-refractivity contribution < 1.29 is 14.3 Å². The molecular formula is C17H17Cl2NO3. The molecule has 2 rings (SSSR count). The van der Waals surface area contributed by atoms with Gasteiger partial charge in [0.25, 0.3) is 5.91 Å². The molecule has 0 aromatic heterocycles. The summed E-state index contributed by atoms with van der Waals surface area (Å²) in [6, 6.07) is 12.0. The van der Waals surface area contributed by atoms with Crippen LogP contribution in [0.2, 0.25) is 10.0 Å². The lowest BCUT2D eigenvalue weighted by molar-refractivity contribution is -0.122. The standard InChI is InChI=1S/C17H17Cl2NO3/c1-3-16(23-13-6-4-5-12(10-13)22-2)17(21)20-15-8-7-11(18)9-14(15)19/h4-10,16H,3H2,1-2H3,(H,20,21)/t16-/m0/s1. The Kier molecular flexibility index (Phi) is 6.13. The van der Waals surface area contributed by atoms with Crippen LogP contribution in [0.4, 0.5) is 5.69 Å². The van der Waals surface area contributed by atoms with Crippen LogP contribution in [0, 0.1) is 0 Å². The molecule has 0 spiro atoms. The van der Waals surface area contributed by atoms with Crippen LogP contribution in [0.3, 0.4) is 0 Å². The lowest BCUT2D eigenvalue weighted by atomic mass is 10.2. The molecule has 0 radical (unpaired) electrons. The maximum atomic E-state index is 12.4. The molecule has 0 saturated heterocycles. The molecule has 0 heterocycles. The van der Waals surface area contributed by atoms with Gasteiger partial charge in [0, 0.05) is 11.1 Å². The van der Waals surface area contributed by atoms with Gasteiger partial charge in [-0.25, -0.2) is 0 Å². The van der Waals surface area contributed by atoms with E-state index in [-0.39, 0.29) is 5.91 Å². The van der Waals surface area contributed by atoms with Crippen molar-refractivity contribution in [3.63, 3.8) is 0 Å². The zero-order valence-electron chi connectivity index (χ0n) is 12.8. The number of hydrogen-bond donors (Lipinski definition) is 1. The Morgan fingerprint density at radius 1 is 1.17 bits per heavy atom. The maximum Gasteiger partial charge on any atom is 0.265 e. The number of methoxy groups -OCH3 is 1. The topological polar surface area (TPSA) is 47.6 Å². The Hall–Kier alpha value is -1.91. The Balaban J connectivity index is 2.08. The lowest BCUT2D eigenvalue weighted by Gasteiger charge is -2.18. The Labute approximate surface area is 145 Å². The largest absolute Gasteiger partial charge is 0.497 e. The number of benzene rings is 2. The van der Waals surface area contributed by atoms with Crippen LogP contribution < -0.4 is 14.8 Å². The quantitative estimate of drug-likeness (QED) is 0.811. The second-order valence-corrected chi connectivity index (χ2v) is 5.65. The summed E-state index contributed by atoms with van der Waals surface area (Å²) in [7, 11) is 1.58. The molecule has 4 nitrogen and oxygen atoms in total. The van der Waals surface area contributed by atoms with Crippen LogP contribution in [-0.2, 0) is 4.79 Å². The highest BCUT2D eigenvalue weighted by Crippen LogP contribution is 2.26. The molecule has 0 aliphatic carbocycles. The van der Waals surface area contributed by atoms with E-state index < -0.39 is 6.10 Å². The van der Waals surface area contributed by atoms with Crippen LogP contribution in [0.1, 0.15) is 13.3 Å². The first kappa shape index (κ1) is 17.4. The fourth-order valence-electron chi connectivity index (χ4n) is 1.97. The minimum Gasteiger partial charge on any atom is -0.497 e. The third-order valence-electron chi connectivity index (χ3n) is 3.17. The van der Waals surface area contributed by atoms with Crippen molar-refractivity contribution in [3.05, 3.63) is 52.5 Å². The van der Waals surface area contributed by atoms with Gasteiger partial charge >= 0.3 is 0 Å². The van der Waals surface area contributed by atoms with E-state index in [4.69, 9.17) is 32.7 Å². The molecule has 0 saturated carbocycles. The summed E-state index contributed by atoms with van der Waals surface area (Å²) >= 11 is 11.9. The highest BCUT2D eigenvalue weighted by Gasteiger charge is 2.19. The number of hydrogen-bond acceptors (Lipinski definition) is 3. The number of halogens is 2. The smallest absolute Gasteiger partial charge is 0.265 e. The molecule has 0 bridgehead atoms. The molecule has 23 heavy (non-hydrogen) atoms. The van der Waals surface area contributed by atoms with E-state index in [1.807, 2.05) is 6.92 Å². The van der Waals surface area contributed by atoms with E-state index in [0.29, 0.717) is 33.7 Å². The predicted molar refractivity (Wildman–Crippen MR) is 92.8 cm³/mol. The van der Waals surface area contributed by atoms with Gasteiger partial charge in [0.15, 0.2) is 6.10 Å². The second kappa shape index (κ2) is 8.09. The lowest BCUT2D eigenvalue weighted by Crippen LogP contribution is -2.32. The SMILES string of the molecule is CC[C@H](Oc1cccc(OC)c1)C(=O)Nc1ccc(Cl)cc1Cl. The average Bonchev–Trinajstić information content (AvgIpc) is 2.55. The Morgan fingerprint density at radius 2 is 1.91 bits per heavy atom. The van der Waals surface area contributed by atoms with E-state index in [0.717, 1.165) is 0 Å². The average molecular weight is 354 g/mol. The molecule has 122 valence electrons. The minimum absolute atomic E-state index is 0.278. The summed E-state index contributed by atoms with van der Waals surface area (Å²) in [5.41, 5.74) is 0.494. The summed E-state index contributed by atoms with van der Waals surface area (Å²) in [6.07, 6.45) is -0.136. The van der Waals surface area contributed by atoms with Crippen molar-refractivity contribution in [3.8, 4) is 11.5 Å². The van der Waals surface area contributed by atoms with Crippen LogP contribution in [-0.4, -0.2) is 19.1 Å². The molecule has 2 aromatic rings. The molecular weight excluding hydrogens is 337 g/mol. The van der Waals surface area contributed by atoms with Gasteiger partial charge in [-0.05, 0) is 36.8 Å². The van der Waals surface area contributed by atoms with Crippen LogP contribution in [0.5, 0.6) is 11.5 Å². The summed E-state index contributed by atoms with van der Waals surface area (Å²) in [6.45, 7) is 1.87. The van der Waals surface area contributed by atoms with Gasteiger partial charge in [0.05, 0.1) is 17.8 Å². The first-order chi connectivity index (χ1) is 11.0. The number of rotatable bonds is 6. The van der Waals surface area contributed by atoms with E-state index in [9.17, 15) is 4.79 Å². The monoisotopic (exact) mass is 353 g/mol. The van der Waals surface area contributed by atoms with Crippen molar-refractivity contribution in [2.75, 3.05) is 12.4 Å². The van der Waals surface area contributed by atoms with Crippen molar-refractivity contribution in [2.45, 2.75) is 19.4 Å². The van der Waals surface area contributed by atoms with Gasteiger partial charge in [-0.2, -0.15) is 0 Å². The molecule has 0 aliphatic rings. The molecule has 0 unspecified atom stereocenters. The van der Waals surface area contributed by atoms with Crippen LogP contribution in [0.25, 0.3) is 0 Å². The third-order valence-corrected chi connectivity index (χ3v) is 3.72. The zero-order chi connectivity index (χ0) is 16.8. The summed E-state index contributed by atoms with van der Waals surface area (Å²) in [4.78, 5) is 12.4. The summed E-state index contributed by atoms with van der Waals surface area (Å²) in [5, 5.41) is 3.64. The molecule has 0 aliphatic heterocycles. The summed E-state index contributed by atoms with van der Waals surface area (Å²) in [5.74, 6) is 0.951. The van der Waals surface area contributed by atoms with E-state index in [1.54, 1.807) is 49.6 Å². The van der Waals surface area contributed by atoms with Crippen molar-refractivity contribution in [1.82, 2.24) is 0 Å². The zero-order valence-corrected chi connectivity index (χ0v) is 14.3. The van der Waals surface area contributed by atoms with E-state index >= 15 is 0 Å². The normalized spacial score (nSPS) is 11.7. The van der Waals surface area contributed by atoms with Crippen molar-refractivity contribution in [2.24, 2.45) is 0 Å². The number of carbonyl (C=O) groups excluding carboxylic acids is 1. The molecule has 1 N–H and O–H groups in total. The van der Waals surface area contributed by atoms with Gasteiger partial charge in [-0.1, -0.05) is 36.2 Å². The van der Waals surface area contributed by atoms with Gasteiger partial charge < -0.3 is 14.8 Å². The van der Waals surface area contributed by atoms with Gasteiger partial charge in [-0.3, -0.25) is 4.79 Å². The van der Waals surface area contributed by atoms with Crippen LogP contribution >= 0.6 is 23.2 Å². The minimum atomic E-state index is -0.645. The molecule has 1 atom stereocenters. The van der Waals surface area contributed by atoms with E-state index in [1.165, 1.54) is 0 Å². The number of amides is 1. The maximum absolute atomic E-state index is 12.4. The van der Waals surface area contributed by atoms with Gasteiger partial charge in [0.1, 0.15) is 11.5 Å². The summed E-state index contributed by atoms with van der Waals surface area (Å²) < 4.78 is 10.9. The molecule has 2 aromatic carbocycles. The fraction of sp³-hybridized carbons (Fsp3) is 0.235. The second-order valence-electron chi connectivity index (χ2n) is 4.81. The molecule has 0 fully saturated rings. The first-order valence-electron chi connectivity index (χ1n) is 7.10. The fourth-order valence-corrected chi connectivity index (χ4v) is 2.42. The van der Waals surface area contributed by atoms with Gasteiger partial charge in [-0.15, -0.1) is 0 Å². The first-order valence-corrected chi connectivity index (χ1v) is 7.85. The number of anilines is 1. The van der Waals surface area contributed by atoms with Crippen LogP contribution in [0.15, 0.2) is 42.5 Å². The predicted octanol–water partition coefficient (Wildman–Crippen LogP) is 4.80. The number of ether oxygens (including phenoxy) is 2. The Morgan fingerprint density at radius 3 is 2.57 bits per heavy atom. The van der Waals surface area contributed by atoms with Gasteiger partial charge in [0.2, 0.25) is 0 Å². The highest BCUT2D eigenvalue weighted by atomic mass is 35.5. The number of nitrogens with one attached hydrogen (secondary N) is 1. The molecule has 6 heteroatoms. The molecule has 1 amide bonds. The highest BCUT2D eigenvalue weighted by molar-refractivity contribution is 6.36. The van der Waals surface area contributed by atoms with E-state index in [2.05, 4.69) is 5.32 Å². The number of carbonyl (C=O) groups is 1. The third kappa shape index (κ3) is 4.78. The van der Waals surface area contributed by atoms with Crippen molar-refractivity contribution >= 4 is 34.8 Å². The van der Waals surface area contributed by atoms with Crippen molar-refractivity contribution in [1.29, 1.82) is 0 Å².